The summed E-state index contributed by atoms with van der Waals surface area (Å²) in [4.78, 5) is 6.54. The Morgan fingerprint density at radius 1 is 1.39 bits per heavy atom. The number of hydrogen-bond acceptors (Lipinski definition) is 3. The minimum atomic E-state index is 0.258. The van der Waals surface area contributed by atoms with Gasteiger partial charge in [0.05, 0.1) is 6.61 Å². The molecule has 0 amide bonds. The highest BCUT2D eigenvalue weighted by Crippen LogP contribution is 1.98. The molecule has 0 aromatic carbocycles. The Morgan fingerprint density at radius 2 is 2.06 bits per heavy atom. The third kappa shape index (κ3) is 7.50. The van der Waals surface area contributed by atoms with E-state index in [0.29, 0.717) is 12.6 Å². The Bertz CT molecular complexity index is 233. The molecular formula is C13H30N4O. The van der Waals surface area contributed by atoms with Crippen molar-refractivity contribution >= 4 is 5.96 Å². The fourth-order valence-corrected chi connectivity index (χ4v) is 1.60. The molecule has 18 heavy (non-hydrogen) atoms. The van der Waals surface area contributed by atoms with Crippen molar-refractivity contribution in [1.82, 2.24) is 15.5 Å². The zero-order valence-electron chi connectivity index (χ0n) is 12.8. The minimum absolute atomic E-state index is 0.258. The predicted molar refractivity (Wildman–Crippen MR) is 78.2 cm³/mol. The van der Waals surface area contributed by atoms with Gasteiger partial charge in [0, 0.05) is 39.3 Å². The molecule has 0 aromatic heterocycles. The van der Waals surface area contributed by atoms with Crippen LogP contribution in [0.25, 0.3) is 0 Å². The van der Waals surface area contributed by atoms with Crippen molar-refractivity contribution in [2.75, 3.05) is 40.9 Å². The van der Waals surface area contributed by atoms with Crippen LogP contribution in [0.1, 0.15) is 27.2 Å². The summed E-state index contributed by atoms with van der Waals surface area (Å²) < 4.78 is 5.08. The third-order valence-corrected chi connectivity index (χ3v) is 3.12. The van der Waals surface area contributed by atoms with Crippen LogP contribution in [0.3, 0.4) is 0 Å². The molecule has 0 aliphatic rings. The average Bonchev–Trinajstić information content (AvgIpc) is 2.36. The summed E-state index contributed by atoms with van der Waals surface area (Å²) in [6.07, 6.45) is 1.17. The maximum Gasteiger partial charge on any atom is 0.191 e. The third-order valence-electron chi connectivity index (χ3n) is 3.12. The Labute approximate surface area is 112 Å². The van der Waals surface area contributed by atoms with Crippen LogP contribution in [0, 0.1) is 0 Å². The second-order valence-electron chi connectivity index (χ2n) is 4.74. The molecule has 0 aliphatic heterocycles. The van der Waals surface area contributed by atoms with E-state index in [1.54, 1.807) is 14.2 Å². The van der Waals surface area contributed by atoms with Gasteiger partial charge in [-0.25, -0.2) is 0 Å². The minimum Gasteiger partial charge on any atom is -0.383 e. The molecule has 2 N–H and O–H groups in total. The van der Waals surface area contributed by atoms with Crippen molar-refractivity contribution in [2.24, 2.45) is 4.99 Å². The number of hydrogen-bond donors (Lipinski definition) is 2. The van der Waals surface area contributed by atoms with Crippen LogP contribution >= 0.6 is 0 Å². The van der Waals surface area contributed by atoms with Crippen molar-refractivity contribution in [3.8, 4) is 0 Å². The molecule has 0 rings (SSSR count). The van der Waals surface area contributed by atoms with E-state index in [0.717, 1.165) is 19.0 Å². The van der Waals surface area contributed by atoms with Gasteiger partial charge in [-0.05, 0) is 27.3 Å². The Morgan fingerprint density at radius 3 is 2.56 bits per heavy atom. The van der Waals surface area contributed by atoms with Gasteiger partial charge >= 0.3 is 0 Å². The second-order valence-corrected chi connectivity index (χ2v) is 4.74. The van der Waals surface area contributed by atoms with Gasteiger partial charge in [0.15, 0.2) is 5.96 Å². The summed E-state index contributed by atoms with van der Waals surface area (Å²) in [6.45, 7) is 9.10. The molecule has 0 aromatic rings. The lowest BCUT2D eigenvalue weighted by Gasteiger charge is -2.24. The molecule has 0 aliphatic carbocycles. The van der Waals surface area contributed by atoms with Crippen molar-refractivity contribution < 1.29 is 4.74 Å². The lowest BCUT2D eigenvalue weighted by molar-refractivity contribution is 0.179. The number of methoxy groups -OCH3 is 1. The van der Waals surface area contributed by atoms with Crippen LogP contribution < -0.4 is 10.6 Å². The van der Waals surface area contributed by atoms with E-state index >= 15 is 0 Å². The zero-order chi connectivity index (χ0) is 14.0. The monoisotopic (exact) mass is 258 g/mol. The summed E-state index contributed by atoms with van der Waals surface area (Å²) in [5.41, 5.74) is 0. The topological polar surface area (TPSA) is 48.9 Å². The molecule has 0 fully saturated rings. The lowest BCUT2D eigenvalue weighted by atomic mass is 10.2. The lowest BCUT2D eigenvalue weighted by Crippen LogP contribution is -2.46. The standard InChI is InChI=1S/C13H30N4O/c1-7-12(3)17(5)9-8-15-13(14-4)16-11(2)10-18-6/h11-12H,7-10H2,1-6H3,(H2,14,15,16). The second kappa shape index (κ2) is 10.1. The number of nitrogens with zero attached hydrogens (tertiary/aromatic N) is 2. The summed E-state index contributed by atoms with van der Waals surface area (Å²) in [6, 6.07) is 0.877. The van der Waals surface area contributed by atoms with E-state index in [9.17, 15) is 0 Å². The number of ether oxygens (including phenoxy) is 1. The maximum atomic E-state index is 5.08. The van der Waals surface area contributed by atoms with Crippen molar-refractivity contribution in [1.29, 1.82) is 0 Å². The molecule has 0 heterocycles. The molecular weight excluding hydrogens is 228 g/mol. The van der Waals surface area contributed by atoms with E-state index in [-0.39, 0.29) is 6.04 Å². The molecule has 5 nitrogen and oxygen atoms in total. The van der Waals surface area contributed by atoms with Crippen molar-refractivity contribution in [2.45, 2.75) is 39.3 Å². The van der Waals surface area contributed by atoms with Gasteiger partial charge in [0.1, 0.15) is 0 Å². The van der Waals surface area contributed by atoms with Gasteiger partial charge in [-0.3, -0.25) is 4.99 Å². The highest BCUT2D eigenvalue weighted by Gasteiger charge is 2.07. The Kier molecular flexibility index (Phi) is 9.69. The van der Waals surface area contributed by atoms with E-state index < -0.39 is 0 Å². The molecule has 0 saturated heterocycles. The van der Waals surface area contributed by atoms with Crippen LogP contribution in [0.5, 0.6) is 0 Å². The first-order chi connectivity index (χ1) is 8.54. The summed E-state index contributed by atoms with van der Waals surface area (Å²) in [5.74, 6) is 0.831. The average molecular weight is 258 g/mol. The first-order valence-electron chi connectivity index (χ1n) is 6.71. The molecule has 0 bridgehead atoms. The SMILES string of the molecule is CCC(C)N(C)CCNC(=NC)NC(C)COC. The number of guanidine groups is 1. The normalized spacial score (nSPS) is 15.6. The Hall–Kier alpha value is -0.810. The fourth-order valence-electron chi connectivity index (χ4n) is 1.60. The predicted octanol–water partition coefficient (Wildman–Crippen LogP) is 0.917. The Balaban J connectivity index is 3.88. The molecule has 108 valence electrons. The quantitative estimate of drug-likeness (QED) is 0.502. The molecule has 0 saturated carbocycles. The first-order valence-corrected chi connectivity index (χ1v) is 6.71. The molecule has 2 unspecified atom stereocenters. The van der Waals surface area contributed by atoms with Gasteiger partial charge in [0.25, 0.3) is 0 Å². The maximum absolute atomic E-state index is 5.08. The van der Waals surface area contributed by atoms with E-state index in [4.69, 9.17) is 4.74 Å². The highest BCUT2D eigenvalue weighted by atomic mass is 16.5. The van der Waals surface area contributed by atoms with Crippen molar-refractivity contribution in [3.63, 3.8) is 0 Å². The van der Waals surface area contributed by atoms with E-state index in [1.807, 2.05) is 0 Å². The largest absolute Gasteiger partial charge is 0.383 e. The highest BCUT2D eigenvalue weighted by molar-refractivity contribution is 5.79. The van der Waals surface area contributed by atoms with Crippen LogP contribution in [-0.2, 0) is 4.74 Å². The van der Waals surface area contributed by atoms with Crippen LogP contribution in [0.4, 0.5) is 0 Å². The first kappa shape index (κ1) is 17.2. The van der Waals surface area contributed by atoms with Gasteiger partial charge in [-0.1, -0.05) is 6.92 Å². The van der Waals surface area contributed by atoms with Gasteiger partial charge < -0.3 is 20.3 Å². The molecule has 2 atom stereocenters. The van der Waals surface area contributed by atoms with E-state index in [1.165, 1.54) is 6.42 Å². The van der Waals surface area contributed by atoms with Gasteiger partial charge in [0.2, 0.25) is 0 Å². The van der Waals surface area contributed by atoms with Crippen molar-refractivity contribution in [3.05, 3.63) is 0 Å². The van der Waals surface area contributed by atoms with Crippen LogP contribution in [0.2, 0.25) is 0 Å². The zero-order valence-corrected chi connectivity index (χ0v) is 12.8. The van der Waals surface area contributed by atoms with Gasteiger partial charge in [-0.2, -0.15) is 0 Å². The smallest absolute Gasteiger partial charge is 0.191 e. The summed E-state index contributed by atoms with van der Waals surface area (Å²) in [5, 5.41) is 6.59. The number of rotatable bonds is 8. The van der Waals surface area contributed by atoms with Crippen LogP contribution in [0.15, 0.2) is 4.99 Å². The number of nitrogens with one attached hydrogen (secondary N) is 2. The summed E-state index contributed by atoms with van der Waals surface area (Å²) >= 11 is 0. The molecule has 0 radical (unpaired) electrons. The molecule has 5 heteroatoms. The van der Waals surface area contributed by atoms with E-state index in [2.05, 4.69) is 48.3 Å². The fraction of sp³-hybridized carbons (Fsp3) is 0.923. The van der Waals surface area contributed by atoms with Gasteiger partial charge in [-0.15, -0.1) is 0 Å². The van der Waals surface area contributed by atoms with Crippen LogP contribution in [-0.4, -0.2) is 63.8 Å². The summed E-state index contributed by atoms with van der Waals surface area (Å²) in [7, 11) is 5.64. The number of aliphatic imine (C=N–C) groups is 1. The molecule has 0 spiro atoms. The number of likely N-dealkylation sites (N-methyl/N-ethyl adjacent to an activating group) is 1.